The first-order valence-corrected chi connectivity index (χ1v) is 6.05. The SMILES string of the molecule is CC(C)OCCCNC(=O)Cn1ccc([N+](=O)[O-])n1. The molecule has 0 fully saturated rings. The predicted molar refractivity (Wildman–Crippen MR) is 67.6 cm³/mol. The average molecular weight is 270 g/mol. The quantitative estimate of drug-likeness (QED) is 0.426. The van der Waals surface area contributed by atoms with Crippen LogP contribution in [0, 0.1) is 10.1 Å². The molecule has 1 aromatic heterocycles. The van der Waals surface area contributed by atoms with Gasteiger partial charge in [-0.2, -0.15) is 4.68 Å². The molecule has 1 heterocycles. The molecule has 1 aromatic rings. The zero-order chi connectivity index (χ0) is 14.3. The van der Waals surface area contributed by atoms with Gasteiger partial charge in [0.15, 0.2) is 0 Å². The highest BCUT2D eigenvalue weighted by Crippen LogP contribution is 2.04. The number of nitrogens with one attached hydrogen (secondary N) is 1. The second kappa shape index (κ2) is 7.47. The van der Waals surface area contributed by atoms with Crippen LogP contribution < -0.4 is 5.32 Å². The second-order valence-corrected chi connectivity index (χ2v) is 4.25. The lowest BCUT2D eigenvalue weighted by molar-refractivity contribution is -0.389. The van der Waals surface area contributed by atoms with Gasteiger partial charge in [-0.3, -0.25) is 4.79 Å². The summed E-state index contributed by atoms with van der Waals surface area (Å²) in [6, 6.07) is 1.25. The molecule has 1 amide bonds. The number of rotatable bonds is 8. The molecule has 0 aliphatic rings. The molecule has 0 unspecified atom stereocenters. The van der Waals surface area contributed by atoms with Crippen molar-refractivity contribution >= 4 is 11.7 Å². The van der Waals surface area contributed by atoms with Crippen molar-refractivity contribution in [3.8, 4) is 0 Å². The van der Waals surface area contributed by atoms with Crippen LogP contribution in [0.3, 0.4) is 0 Å². The lowest BCUT2D eigenvalue weighted by atomic mass is 10.4. The van der Waals surface area contributed by atoms with E-state index in [1.807, 2.05) is 13.8 Å². The predicted octanol–water partition coefficient (Wildman–Crippen LogP) is 0.723. The van der Waals surface area contributed by atoms with E-state index >= 15 is 0 Å². The first-order chi connectivity index (χ1) is 8.99. The van der Waals surface area contributed by atoms with Gasteiger partial charge in [-0.15, -0.1) is 0 Å². The summed E-state index contributed by atoms with van der Waals surface area (Å²) >= 11 is 0. The van der Waals surface area contributed by atoms with E-state index in [1.165, 1.54) is 16.9 Å². The van der Waals surface area contributed by atoms with E-state index in [-0.39, 0.29) is 24.4 Å². The highest BCUT2D eigenvalue weighted by atomic mass is 16.6. The Morgan fingerprint density at radius 3 is 2.95 bits per heavy atom. The van der Waals surface area contributed by atoms with Crippen molar-refractivity contribution in [3.63, 3.8) is 0 Å². The first kappa shape index (κ1) is 15.1. The topological polar surface area (TPSA) is 99.3 Å². The number of nitrogens with zero attached hydrogens (tertiary/aromatic N) is 3. The number of carbonyl (C=O) groups is 1. The molecule has 0 aliphatic heterocycles. The maximum Gasteiger partial charge on any atom is 0.389 e. The van der Waals surface area contributed by atoms with Gasteiger partial charge in [0, 0.05) is 13.2 Å². The van der Waals surface area contributed by atoms with Crippen molar-refractivity contribution in [2.24, 2.45) is 0 Å². The van der Waals surface area contributed by atoms with Crippen molar-refractivity contribution in [1.29, 1.82) is 0 Å². The van der Waals surface area contributed by atoms with Crippen LogP contribution in [0.15, 0.2) is 12.3 Å². The fraction of sp³-hybridized carbons (Fsp3) is 0.636. The fourth-order valence-electron chi connectivity index (χ4n) is 1.36. The maximum atomic E-state index is 11.5. The molecule has 0 saturated carbocycles. The number of amides is 1. The maximum absolute atomic E-state index is 11.5. The Hall–Kier alpha value is -1.96. The fourth-order valence-corrected chi connectivity index (χ4v) is 1.36. The minimum absolute atomic E-state index is 0.0289. The molecular formula is C11H18N4O4. The number of ether oxygens (including phenoxy) is 1. The second-order valence-electron chi connectivity index (χ2n) is 4.25. The summed E-state index contributed by atoms with van der Waals surface area (Å²) in [6.07, 6.45) is 2.31. The minimum atomic E-state index is -0.600. The zero-order valence-electron chi connectivity index (χ0n) is 11.0. The van der Waals surface area contributed by atoms with Gasteiger partial charge < -0.3 is 20.2 Å². The molecule has 0 radical (unpaired) electrons. The van der Waals surface area contributed by atoms with E-state index in [1.54, 1.807) is 0 Å². The van der Waals surface area contributed by atoms with Crippen LogP contribution in [-0.2, 0) is 16.1 Å². The highest BCUT2D eigenvalue weighted by Gasteiger charge is 2.12. The molecule has 0 aromatic carbocycles. The highest BCUT2D eigenvalue weighted by molar-refractivity contribution is 5.75. The standard InChI is InChI=1S/C11H18N4O4/c1-9(2)19-7-3-5-12-11(16)8-14-6-4-10(13-14)15(17)18/h4,6,9H,3,5,7-8H2,1-2H3,(H,12,16). The molecule has 106 valence electrons. The summed E-state index contributed by atoms with van der Waals surface area (Å²) in [7, 11) is 0. The summed E-state index contributed by atoms with van der Waals surface area (Å²) < 4.78 is 6.56. The first-order valence-electron chi connectivity index (χ1n) is 6.05. The third kappa shape index (κ3) is 5.96. The summed E-state index contributed by atoms with van der Waals surface area (Å²) in [5.74, 6) is -0.499. The van der Waals surface area contributed by atoms with E-state index in [2.05, 4.69) is 10.4 Å². The van der Waals surface area contributed by atoms with Gasteiger partial charge in [-0.05, 0) is 25.2 Å². The molecular weight excluding hydrogens is 252 g/mol. The van der Waals surface area contributed by atoms with Gasteiger partial charge in [0.2, 0.25) is 5.91 Å². The van der Waals surface area contributed by atoms with Crippen LogP contribution in [0.5, 0.6) is 0 Å². The molecule has 0 spiro atoms. The summed E-state index contributed by atoms with van der Waals surface area (Å²) in [6.45, 7) is 4.96. The number of hydrogen-bond donors (Lipinski definition) is 1. The molecule has 0 atom stereocenters. The van der Waals surface area contributed by atoms with E-state index in [0.717, 1.165) is 6.42 Å². The lowest BCUT2D eigenvalue weighted by Gasteiger charge is -2.07. The average Bonchev–Trinajstić information content (AvgIpc) is 2.76. The Morgan fingerprint density at radius 1 is 1.63 bits per heavy atom. The smallest absolute Gasteiger partial charge is 0.379 e. The van der Waals surface area contributed by atoms with E-state index in [0.29, 0.717) is 13.2 Å². The molecule has 0 bridgehead atoms. The summed E-state index contributed by atoms with van der Waals surface area (Å²) in [5, 5.41) is 16.8. The Balaban J connectivity index is 2.21. The number of carbonyl (C=O) groups excluding carboxylic acids is 1. The Bertz CT molecular complexity index is 430. The third-order valence-electron chi connectivity index (χ3n) is 2.21. The van der Waals surface area contributed by atoms with Crippen molar-refractivity contribution in [3.05, 3.63) is 22.4 Å². The van der Waals surface area contributed by atoms with Gasteiger partial charge in [0.25, 0.3) is 0 Å². The van der Waals surface area contributed by atoms with Crippen LogP contribution in [0.2, 0.25) is 0 Å². The van der Waals surface area contributed by atoms with Gasteiger partial charge in [0.05, 0.1) is 23.5 Å². The normalized spacial score (nSPS) is 10.7. The van der Waals surface area contributed by atoms with Crippen molar-refractivity contribution in [2.75, 3.05) is 13.2 Å². The van der Waals surface area contributed by atoms with Gasteiger partial charge in [0.1, 0.15) is 6.54 Å². The molecule has 19 heavy (non-hydrogen) atoms. The largest absolute Gasteiger partial charge is 0.389 e. The third-order valence-corrected chi connectivity index (χ3v) is 2.21. The summed E-state index contributed by atoms with van der Waals surface area (Å²) in [5.41, 5.74) is 0. The molecule has 8 nitrogen and oxygen atoms in total. The molecule has 0 saturated heterocycles. The van der Waals surface area contributed by atoms with E-state index in [9.17, 15) is 14.9 Å². The van der Waals surface area contributed by atoms with Crippen LogP contribution in [0.4, 0.5) is 5.82 Å². The van der Waals surface area contributed by atoms with Crippen LogP contribution in [0.25, 0.3) is 0 Å². The molecule has 0 aliphatic carbocycles. The Labute approximate surface area is 110 Å². The molecule has 8 heteroatoms. The Morgan fingerprint density at radius 2 is 2.37 bits per heavy atom. The Kier molecular flexibility index (Phi) is 5.94. The number of aromatic nitrogens is 2. The number of hydrogen-bond acceptors (Lipinski definition) is 5. The van der Waals surface area contributed by atoms with Crippen LogP contribution in [0.1, 0.15) is 20.3 Å². The van der Waals surface area contributed by atoms with Gasteiger partial charge in [-0.1, -0.05) is 0 Å². The van der Waals surface area contributed by atoms with Crippen LogP contribution >= 0.6 is 0 Å². The zero-order valence-corrected chi connectivity index (χ0v) is 11.0. The monoisotopic (exact) mass is 270 g/mol. The molecule has 1 rings (SSSR count). The van der Waals surface area contributed by atoms with Crippen molar-refractivity contribution < 1.29 is 14.5 Å². The van der Waals surface area contributed by atoms with Crippen molar-refractivity contribution in [2.45, 2.75) is 32.9 Å². The van der Waals surface area contributed by atoms with Crippen molar-refractivity contribution in [1.82, 2.24) is 15.1 Å². The lowest BCUT2D eigenvalue weighted by Crippen LogP contribution is -2.29. The van der Waals surface area contributed by atoms with Crippen LogP contribution in [-0.4, -0.2) is 39.9 Å². The number of nitro groups is 1. The van der Waals surface area contributed by atoms with Gasteiger partial charge in [-0.25, -0.2) is 0 Å². The summed E-state index contributed by atoms with van der Waals surface area (Å²) in [4.78, 5) is 21.3. The minimum Gasteiger partial charge on any atom is -0.379 e. The van der Waals surface area contributed by atoms with E-state index < -0.39 is 4.92 Å². The van der Waals surface area contributed by atoms with Gasteiger partial charge >= 0.3 is 5.82 Å². The van der Waals surface area contributed by atoms with E-state index in [4.69, 9.17) is 4.74 Å². The molecule has 1 N–H and O–H groups in total.